The molecule has 29 heavy (non-hydrogen) atoms. The smallest absolute Gasteiger partial charge is 0.340 e. The van der Waals surface area contributed by atoms with E-state index < -0.39 is 5.97 Å². The van der Waals surface area contributed by atoms with Gasteiger partial charge in [0.1, 0.15) is 0 Å². The zero-order valence-corrected chi connectivity index (χ0v) is 16.6. The van der Waals surface area contributed by atoms with Gasteiger partial charge < -0.3 is 14.2 Å². The van der Waals surface area contributed by atoms with Gasteiger partial charge in [-0.3, -0.25) is 9.80 Å². The minimum atomic E-state index is -0.455. The Balaban J connectivity index is 2.07. The van der Waals surface area contributed by atoms with Crippen LogP contribution in [0.1, 0.15) is 23.0 Å². The number of hydrogen-bond acceptors (Lipinski definition) is 6. The minimum Gasteiger partial charge on any atom is -0.493 e. The summed E-state index contributed by atoms with van der Waals surface area (Å²) in [6.45, 7) is 2.58. The fourth-order valence-electron chi connectivity index (χ4n) is 3.83. The first kappa shape index (κ1) is 18.9. The fourth-order valence-corrected chi connectivity index (χ4v) is 3.83. The maximum atomic E-state index is 13.5. The number of nitrogens with zero attached hydrogens (tertiary/aromatic N) is 2. The van der Waals surface area contributed by atoms with Crippen LogP contribution in [0.2, 0.25) is 0 Å². The van der Waals surface area contributed by atoms with Gasteiger partial charge in [-0.05, 0) is 31.2 Å². The maximum absolute atomic E-state index is 13.5. The first-order valence-corrected chi connectivity index (χ1v) is 9.44. The predicted molar refractivity (Wildman–Crippen MR) is 110 cm³/mol. The van der Waals surface area contributed by atoms with Gasteiger partial charge in [0.15, 0.2) is 11.5 Å². The van der Waals surface area contributed by atoms with E-state index in [1.165, 1.54) is 14.2 Å². The Bertz CT molecular complexity index is 1140. The second-order valence-corrected chi connectivity index (χ2v) is 6.62. The van der Waals surface area contributed by atoms with Crippen molar-refractivity contribution in [1.29, 1.82) is 0 Å². The highest BCUT2D eigenvalue weighted by Gasteiger charge is 2.31. The maximum Gasteiger partial charge on any atom is 0.340 e. The number of pyridine rings is 1. The summed E-state index contributed by atoms with van der Waals surface area (Å²) in [5.74, 6) is 0.424. The van der Waals surface area contributed by atoms with Crippen LogP contribution in [0.3, 0.4) is 0 Å². The number of para-hydroxylation sites is 1. The summed E-state index contributed by atoms with van der Waals surface area (Å²) >= 11 is 0. The number of carbonyl (C=O) groups excluding carboxylic acids is 1. The minimum absolute atomic E-state index is 0.217. The van der Waals surface area contributed by atoms with Gasteiger partial charge in [0.25, 0.3) is 5.56 Å². The molecule has 7 nitrogen and oxygen atoms in total. The van der Waals surface area contributed by atoms with Crippen LogP contribution in [0.4, 0.5) is 5.69 Å². The Morgan fingerprint density at radius 2 is 1.69 bits per heavy atom. The van der Waals surface area contributed by atoms with Gasteiger partial charge in [-0.1, -0.05) is 18.2 Å². The largest absolute Gasteiger partial charge is 0.493 e. The molecule has 1 aliphatic heterocycles. The van der Waals surface area contributed by atoms with Crippen molar-refractivity contribution in [3.8, 4) is 11.5 Å². The summed E-state index contributed by atoms with van der Waals surface area (Å²) in [6.07, 6.45) is 0.544. The molecule has 2 aromatic carbocycles. The normalized spacial score (nSPS) is 12.7. The van der Waals surface area contributed by atoms with E-state index in [0.717, 1.165) is 5.69 Å². The summed E-state index contributed by atoms with van der Waals surface area (Å²) in [5, 5.41) is 2.76. The molecule has 4 rings (SSSR count). The van der Waals surface area contributed by atoms with Gasteiger partial charge in [-0.2, -0.15) is 0 Å². The van der Waals surface area contributed by atoms with Crippen molar-refractivity contribution in [1.82, 2.24) is 4.68 Å². The van der Waals surface area contributed by atoms with Gasteiger partial charge in [-0.25, -0.2) is 9.47 Å². The molecule has 7 heteroatoms. The van der Waals surface area contributed by atoms with Gasteiger partial charge in [-0.15, -0.1) is 0 Å². The average Bonchev–Trinajstić information content (AvgIpc) is 3.19. The number of methoxy groups -OCH3 is 2. The van der Waals surface area contributed by atoms with Crippen molar-refractivity contribution in [2.45, 2.75) is 13.3 Å². The lowest BCUT2D eigenvalue weighted by atomic mass is 10.0. The zero-order valence-electron chi connectivity index (χ0n) is 16.6. The van der Waals surface area contributed by atoms with Crippen LogP contribution in [0.5, 0.6) is 11.5 Å². The Hall–Kier alpha value is -3.48. The second kappa shape index (κ2) is 7.50. The van der Waals surface area contributed by atoms with Crippen LogP contribution < -0.4 is 20.0 Å². The molecule has 0 N–H and O–H groups in total. The summed E-state index contributed by atoms with van der Waals surface area (Å²) in [4.78, 5) is 26.4. The van der Waals surface area contributed by atoms with E-state index in [0.29, 0.717) is 46.5 Å². The lowest BCUT2D eigenvalue weighted by Crippen LogP contribution is -2.36. The van der Waals surface area contributed by atoms with Crippen LogP contribution in [-0.2, 0) is 11.2 Å². The number of hydrogen-bond donors (Lipinski definition) is 0. The van der Waals surface area contributed by atoms with E-state index in [9.17, 15) is 9.59 Å². The molecule has 1 aromatic heterocycles. The van der Waals surface area contributed by atoms with Crippen LogP contribution in [0.15, 0.2) is 47.3 Å². The number of esters is 1. The molecule has 150 valence electrons. The number of carbonyl (C=O) groups is 1. The number of ether oxygens (including phenoxy) is 3. The molecule has 0 spiro atoms. The SMILES string of the molecule is CCOC(=O)c1c2n(c(=O)c3cc(OC)c(OC)cc13)N(c1ccccc1)CC2. The summed E-state index contributed by atoms with van der Waals surface area (Å²) < 4.78 is 17.7. The molecule has 0 radical (unpaired) electrons. The monoisotopic (exact) mass is 394 g/mol. The fraction of sp³-hybridized carbons (Fsp3) is 0.273. The standard InChI is InChI=1S/C22H22N2O5/c1-4-29-22(26)20-15-12-18(27-2)19(28-3)13-16(15)21(25)24-17(20)10-11-23(24)14-8-6-5-7-9-14/h5-9,12-13H,4,10-11H2,1-3H3. The third-order valence-corrected chi connectivity index (χ3v) is 5.10. The van der Waals surface area contributed by atoms with Gasteiger partial charge in [0.05, 0.1) is 43.2 Å². The van der Waals surface area contributed by atoms with Crippen LogP contribution in [0.25, 0.3) is 10.8 Å². The topological polar surface area (TPSA) is 70.0 Å². The van der Waals surface area contributed by atoms with Crippen molar-refractivity contribution in [3.05, 3.63) is 64.1 Å². The van der Waals surface area contributed by atoms with Crippen LogP contribution in [0, 0.1) is 0 Å². The number of rotatable bonds is 5. The first-order valence-electron chi connectivity index (χ1n) is 9.44. The molecule has 0 aliphatic carbocycles. The van der Waals surface area contributed by atoms with E-state index >= 15 is 0 Å². The molecule has 2 heterocycles. The van der Waals surface area contributed by atoms with Crippen LogP contribution in [-0.4, -0.2) is 38.0 Å². The van der Waals surface area contributed by atoms with E-state index in [1.807, 2.05) is 35.3 Å². The molecule has 0 bridgehead atoms. The van der Waals surface area contributed by atoms with E-state index in [2.05, 4.69) is 0 Å². The highest BCUT2D eigenvalue weighted by atomic mass is 16.5. The van der Waals surface area contributed by atoms with E-state index in [-0.39, 0.29) is 12.2 Å². The van der Waals surface area contributed by atoms with Crippen molar-refractivity contribution in [2.24, 2.45) is 0 Å². The number of benzene rings is 2. The number of anilines is 1. The van der Waals surface area contributed by atoms with Crippen molar-refractivity contribution in [2.75, 3.05) is 32.4 Å². The van der Waals surface area contributed by atoms with Gasteiger partial charge in [0, 0.05) is 18.4 Å². The van der Waals surface area contributed by atoms with Crippen molar-refractivity contribution < 1.29 is 19.0 Å². The summed E-state index contributed by atoms with van der Waals surface area (Å²) in [5.41, 5.74) is 1.69. The molecular weight excluding hydrogens is 372 g/mol. The quantitative estimate of drug-likeness (QED) is 0.620. The summed E-state index contributed by atoms with van der Waals surface area (Å²) in [7, 11) is 3.03. The Morgan fingerprint density at radius 1 is 1.03 bits per heavy atom. The van der Waals surface area contributed by atoms with Crippen LogP contribution >= 0.6 is 0 Å². The molecule has 0 saturated carbocycles. The second-order valence-electron chi connectivity index (χ2n) is 6.62. The third-order valence-electron chi connectivity index (χ3n) is 5.10. The first-order chi connectivity index (χ1) is 14.1. The third kappa shape index (κ3) is 2.99. The summed E-state index contributed by atoms with van der Waals surface area (Å²) in [6, 6.07) is 12.9. The predicted octanol–water partition coefficient (Wildman–Crippen LogP) is 3.02. The Morgan fingerprint density at radius 3 is 2.31 bits per heavy atom. The zero-order chi connectivity index (χ0) is 20.5. The molecular formula is C22H22N2O5. The molecule has 1 aliphatic rings. The highest BCUT2D eigenvalue weighted by molar-refractivity contribution is 6.06. The molecule has 0 amide bonds. The number of fused-ring (bicyclic) bond motifs is 2. The molecule has 0 fully saturated rings. The van der Waals surface area contributed by atoms with Crippen molar-refractivity contribution in [3.63, 3.8) is 0 Å². The molecule has 0 unspecified atom stereocenters. The van der Waals surface area contributed by atoms with Crippen molar-refractivity contribution >= 4 is 22.4 Å². The lowest BCUT2D eigenvalue weighted by molar-refractivity contribution is 0.0526. The number of aromatic nitrogens is 1. The van der Waals surface area contributed by atoms with E-state index in [4.69, 9.17) is 14.2 Å². The molecule has 0 atom stereocenters. The van der Waals surface area contributed by atoms with Gasteiger partial charge >= 0.3 is 5.97 Å². The van der Waals surface area contributed by atoms with E-state index in [1.54, 1.807) is 23.7 Å². The lowest BCUT2D eigenvalue weighted by Gasteiger charge is -2.23. The Labute approximate surface area is 168 Å². The average molecular weight is 394 g/mol. The Kier molecular flexibility index (Phi) is 4.88. The molecule has 0 saturated heterocycles. The highest BCUT2D eigenvalue weighted by Crippen LogP contribution is 2.35. The molecule has 3 aromatic rings. The van der Waals surface area contributed by atoms with Gasteiger partial charge in [0.2, 0.25) is 0 Å².